The lowest BCUT2D eigenvalue weighted by molar-refractivity contribution is -0.118. The fourth-order valence-electron chi connectivity index (χ4n) is 2.71. The van der Waals surface area contributed by atoms with Gasteiger partial charge in [0, 0.05) is 11.1 Å². The van der Waals surface area contributed by atoms with Gasteiger partial charge in [0.1, 0.15) is 6.04 Å². The van der Waals surface area contributed by atoms with E-state index in [-0.39, 0.29) is 17.9 Å². The van der Waals surface area contributed by atoms with Crippen LogP contribution in [0.25, 0.3) is 0 Å². The van der Waals surface area contributed by atoms with Crippen molar-refractivity contribution in [1.29, 1.82) is 0 Å². The normalized spacial score (nSPS) is 18.7. The second-order valence-corrected chi connectivity index (χ2v) is 5.71. The first-order valence-corrected chi connectivity index (χ1v) is 7.74. The number of carbonyl (C=O) groups is 1. The van der Waals surface area contributed by atoms with Crippen LogP contribution in [0.1, 0.15) is 31.4 Å². The van der Waals surface area contributed by atoms with Crippen LogP contribution in [0.3, 0.4) is 0 Å². The molecule has 3 rings (SSSR count). The summed E-state index contributed by atoms with van der Waals surface area (Å²) in [5, 5.41) is 3.03. The summed E-state index contributed by atoms with van der Waals surface area (Å²) in [7, 11) is 0. The minimum atomic E-state index is -0.354. The van der Waals surface area contributed by atoms with Gasteiger partial charge in [-0.1, -0.05) is 68.8 Å². The van der Waals surface area contributed by atoms with Gasteiger partial charge in [0.2, 0.25) is 5.91 Å². The third kappa shape index (κ3) is 2.67. The largest absolute Gasteiger partial charge is 0.324 e. The summed E-state index contributed by atoms with van der Waals surface area (Å²) in [4.78, 5) is 17.4. The Bertz CT molecular complexity index is 706. The molecule has 2 unspecified atom stereocenters. The molecular formula is C19H20N2O. The maximum absolute atomic E-state index is 12.5. The van der Waals surface area contributed by atoms with Crippen molar-refractivity contribution in [3.63, 3.8) is 0 Å². The van der Waals surface area contributed by atoms with Gasteiger partial charge in [-0.05, 0) is 12.0 Å². The summed E-state index contributed by atoms with van der Waals surface area (Å²) < 4.78 is 0. The molecule has 0 aliphatic carbocycles. The minimum absolute atomic E-state index is 0.0206. The molecule has 0 bridgehead atoms. The van der Waals surface area contributed by atoms with E-state index in [4.69, 9.17) is 4.99 Å². The topological polar surface area (TPSA) is 41.5 Å². The van der Waals surface area contributed by atoms with Crippen molar-refractivity contribution in [2.24, 2.45) is 10.9 Å². The van der Waals surface area contributed by atoms with E-state index in [0.29, 0.717) is 0 Å². The van der Waals surface area contributed by atoms with Crippen LogP contribution in [-0.2, 0) is 4.79 Å². The van der Waals surface area contributed by atoms with E-state index < -0.39 is 0 Å². The highest BCUT2D eigenvalue weighted by molar-refractivity contribution is 6.19. The molecule has 0 saturated heterocycles. The molecule has 112 valence electrons. The van der Waals surface area contributed by atoms with Crippen molar-refractivity contribution in [2.75, 3.05) is 5.32 Å². The number of fused-ring (bicyclic) bond motifs is 1. The predicted molar refractivity (Wildman–Crippen MR) is 90.4 cm³/mol. The average Bonchev–Trinajstić information content (AvgIpc) is 2.71. The van der Waals surface area contributed by atoms with Crippen molar-refractivity contribution < 1.29 is 4.79 Å². The van der Waals surface area contributed by atoms with Gasteiger partial charge in [0.25, 0.3) is 0 Å². The number of carbonyl (C=O) groups excluding carboxylic acids is 1. The molecule has 0 aromatic heterocycles. The summed E-state index contributed by atoms with van der Waals surface area (Å²) in [6, 6.07) is 17.6. The zero-order chi connectivity index (χ0) is 15.5. The number of rotatable bonds is 3. The first-order valence-electron chi connectivity index (χ1n) is 7.74. The average molecular weight is 292 g/mol. The van der Waals surface area contributed by atoms with Crippen molar-refractivity contribution >= 4 is 17.3 Å². The second-order valence-electron chi connectivity index (χ2n) is 5.71. The SMILES string of the molecule is CCC(C)C1N=C(c2ccccc2)c2ccccc2NC1=O. The highest BCUT2D eigenvalue weighted by atomic mass is 16.2. The lowest BCUT2D eigenvalue weighted by Crippen LogP contribution is -2.31. The molecule has 0 fully saturated rings. The Morgan fingerprint density at radius 3 is 2.50 bits per heavy atom. The molecule has 3 nitrogen and oxygen atoms in total. The number of nitrogens with one attached hydrogen (secondary N) is 1. The Hall–Kier alpha value is -2.42. The van der Waals surface area contributed by atoms with E-state index in [2.05, 4.69) is 19.2 Å². The van der Waals surface area contributed by atoms with Crippen LogP contribution in [0.15, 0.2) is 59.6 Å². The Morgan fingerprint density at radius 1 is 1.09 bits per heavy atom. The molecule has 2 atom stereocenters. The van der Waals surface area contributed by atoms with E-state index >= 15 is 0 Å². The fraction of sp³-hybridized carbons (Fsp3) is 0.263. The van der Waals surface area contributed by atoms with Gasteiger partial charge in [0.15, 0.2) is 0 Å². The van der Waals surface area contributed by atoms with E-state index in [0.717, 1.165) is 28.9 Å². The van der Waals surface area contributed by atoms with Gasteiger partial charge in [0.05, 0.1) is 11.4 Å². The smallest absolute Gasteiger partial charge is 0.249 e. The molecule has 1 aliphatic rings. The summed E-state index contributed by atoms with van der Waals surface area (Å²) in [5.41, 5.74) is 3.74. The van der Waals surface area contributed by atoms with Gasteiger partial charge in [-0.25, -0.2) is 0 Å². The van der Waals surface area contributed by atoms with Crippen LogP contribution in [0.4, 0.5) is 5.69 Å². The summed E-state index contributed by atoms with van der Waals surface area (Å²) >= 11 is 0. The van der Waals surface area contributed by atoms with Crippen LogP contribution in [0.5, 0.6) is 0 Å². The minimum Gasteiger partial charge on any atom is -0.324 e. The molecule has 22 heavy (non-hydrogen) atoms. The van der Waals surface area contributed by atoms with E-state index in [1.165, 1.54) is 0 Å². The molecule has 1 N–H and O–H groups in total. The fourth-order valence-corrected chi connectivity index (χ4v) is 2.71. The van der Waals surface area contributed by atoms with Gasteiger partial charge in [-0.15, -0.1) is 0 Å². The van der Waals surface area contributed by atoms with Gasteiger partial charge in [-0.2, -0.15) is 0 Å². The Morgan fingerprint density at radius 2 is 1.77 bits per heavy atom. The maximum atomic E-state index is 12.5. The molecule has 0 spiro atoms. The van der Waals surface area contributed by atoms with Crippen molar-refractivity contribution in [3.8, 4) is 0 Å². The highest BCUT2D eigenvalue weighted by Crippen LogP contribution is 2.26. The van der Waals surface area contributed by atoms with Crippen LogP contribution < -0.4 is 5.32 Å². The number of para-hydroxylation sites is 1. The summed E-state index contributed by atoms with van der Waals surface area (Å²) in [6.45, 7) is 4.17. The third-order valence-electron chi connectivity index (χ3n) is 4.21. The Labute approximate surface area is 131 Å². The van der Waals surface area contributed by atoms with Crippen LogP contribution in [0, 0.1) is 5.92 Å². The first kappa shape index (κ1) is 14.5. The van der Waals surface area contributed by atoms with Gasteiger partial charge < -0.3 is 5.32 Å². The summed E-state index contributed by atoms with van der Waals surface area (Å²) in [6.07, 6.45) is 0.917. The summed E-state index contributed by atoms with van der Waals surface area (Å²) in [5.74, 6) is 0.181. The molecule has 2 aromatic rings. The lowest BCUT2D eigenvalue weighted by Gasteiger charge is -2.17. The maximum Gasteiger partial charge on any atom is 0.249 e. The lowest BCUT2D eigenvalue weighted by atomic mass is 9.98. The second kappa shape index (κ2) is 6.14. The predicted octanol–water partition coefficient (Wildman–Crippen LogP) is 3.89. The molecular weight excluding hydrogens is 272 g/mol. The zero-order valence-corrected chi connectivity index (χ0v) is 12.9. The number of aliphatic imine (C=N–C) groups is 1. The molecule has 3 heteroatoms. The molecule has 1 heterocycles. The quantitative estimate of drug-likeness (QED) is 0.916. The standard InChI is InChI=1S/C19H20N2O/c1-3-13(2)17-19(22)20-16-12-8-7-11-15(16)18(21-17)14-9-5-4-6-10-14/h4-13,17H,3H2,1-2H3,(H,20,22). The van der Waals surface area contributed by atoms with Gasteiger partial charge >= 0.3 is 0 Å². The first-order chi connectivity index (χ1) is 10.7. The molecule has 0 radical (unpaired) electrons. The Balaban J connectivity index is 2.18. The monoisotopic (exact) mass is 292 g/mol. The van der Waals surface area contributed by atoms with Crippen LogP contribution in [0.2, 0.25) is 0 Å². The molecule has 0 saturated carbocycles. The molecule has 1 aliphatic heterocycles. The number of nitrogens with zero attached hydrogens (tertiary/aromatic N) is 1. The van der Waals surface area contributed by atoms with Crippen molar-refractivity contribution in [3.05, 3.63) is 65.7 Å². The van der Waals surface area contributed by atoms with Crippen molar-refractivity contribution in [2.45, 2.75) is 26.3 Å². The number of benzene rings is 2. The van der Waals surface area contributed by atoms with E-state index in [1.54, 1.807) is 0 Å². The number of anilines is 1. The number of hydrogen-bond acceptors (Lipinski definition) is 2. The van der Waals surface area contributed by atoms with Crippen molar-refractivity contribution in [1.82, 2.24) is 0 Å². The van der Waals surface area contributed by atoms with E-state index in [9.17, 15) is 4.79 Å². The Kier molecular flexibility index (Phi) is 4.05. The third-order valence-corrected chi connectivity index (χ3v) is 4.21. The zero-order valence-electron chi connectivity index (χ0n) is 12.9. The molecule has 1 amide bonds. The van der Waals surface area contributed by atoms with Crippen LogP contribution >= 0.6 is 0 Å². The van der Waals surface area contributed by atoms with Crippen LogP contribution in [-0.4, -0.2) is 17.7 Å². The highest BCUT2D eigenvalue weighted by Gasteiger charge is 2.28. The number of benzodiazepines with no additional fused rings is 1. The molecule has 2 aromatic carbocycles. The number of amides is 1. The van der Waals surface area contributed by atoms with Gasteiger partial charge in [-0.3, -0.25) is 9.79 Å². The van der Waals surface area contributed by atoms with E-state index in [1.807, 2.05) is 54.6 Å². The number of hydrogen-bond donors (Lipinski definition) is 1.